The van der Waals surface area contributed by atoms with E-state index >= 15 is 0 Å². The van der Waals surface area contributed by atoms with Gasteiger partial charge < -0.3 is 5.32 Å². The normalized spacial score (nSPS) is 15.5. The van der Waals surface area contributed by atoms with Gasteiger partial charge in [0.2, 0.25) is 5.91 Å². The molecule has 8 heteroatoms. The number of piperidine rings is 1. The maximum Gasteiger partial charge on any atom is 0.227 e. The number of hydrogen-bond acceptors (Lipinski definition) is 6. The SMILES string of the molecule is O=C(Nc1ccc(-n2cccn2)cc1)C1CCN(Cc2cccc3nonc23)CC1. The topological polar surface area (TPSA) is 89.1 Å². The molecule has 1 saturated heterocycles. The van der Waals surface area contributed by atoms with Crippen molar-refractivity contribution >= 4 is 22.6 Å². The van der Waals surface area contributed by atoms with Crippen molar-refractivity contribution in [1.29, 1.82) is 0 Å². The van der Waals surface area contributed by atoms with Crippen LogP contribution in [-0.2, 0) is 11.3 Å². The molecule has 1 aliphatic rings. The summed E-state index contributed by atoms with van der Waals surface area (Å²) < 4.78 is 6.64. The fourth-order valence-electron chi connectivity index (χ4n) is 3.95. The molecule has 1 fully saturated rings. The number of likely N-dealkylation sites (tertiary alicyclic amines) is 1. The van der Waals surface area contributed by atoms with Gasteiger partial charge in [0.25, 0.3) is 0 Å². The molecule has 0 spiro atoms. The maximum absolute atomic E-state index is 12.7. The van der Waals surface area contributed by atoms with E-state index in [2.05, 4.69) is 31.7 Å². The summed E-state index contributed by atoms with van der Waals surface area (Å²) in [5, 5.41) is 15.2. The number of carbonyl (C=O) groups excluding carboxylic acids is 1. The van der Waals surface area contributed by atoms with Crippen LogP contribution in [-0.4, -0.2) is 44.0 Å². The van der Waals surface area contributed by atoms with Crippen LogP contribution in [0.15, 0.2) is 65.6 Å². The molecule has 0 atom stereocenters. The van der Waals surface area contributed by atoms with Crippen molar-refractivity contribution in [2.75, 3.05) is 18.4 Å². The fraction of sp³-hybridized carbons (Fsp3) is 0.273. The monoisotopic (exact) mass is 402 g/mol. The lowest BCUT2D eigenvalue weighted by Gasteiger charge is -2.31. The smallest absolute Gasteiger partial charge is 0.227 e. The van der Waals surface area contributed by atoms with Gasteiger partial charge in [0.1, 0.15) is 11.0 Å². The van der Waals surface area contributed by atoms with Gasteiger partial charge >= 0.3 is 0 Å². The standard InChI is InChI=1S/C22H22N6O2/c29-22(24-18-5-7-19(8-6-18)28-12-2-11-23-28)16-9-13-27(14-10-16)15-17-3-1-4-20-21(17)26-30-25-20/h1-8,11-12,16H,9-10,13-15H2,(H,24,29). The summed E-state index contributed by atoms with van der Waals surface area (Å²) in [5.41, 5.74) is 4.47. The first-order valence-electron chi connectivity index (χ1n) is 10.1. The van der Waals surface area contributed by atoms with Crippen LogP contribution in [0.1, 0.15) is 18.4 Å². The van der Waals surface area contributed by atoms with Crippen LogP contribution in [0.5, 0.6) is 0 Å². The summed E-state index contributed by atoms with van der Waals surface area (Å²) in [6.07, 6.45) is 5.31. The van der Waals surface area contributed by atoms with Crippen molar-refractivity contribution in [3.63, 3.8) is 0 Å². The van der Waals surface area contributed by atoms with E-state index in [0.29, 0.717) is 0 Å². The zero-order valence-corrected chi connectivity index (χ0v) is 16.4. The Morgan fingerprint density at radius 2 is 1.90 bits per heavy atom. The van der Waals surface area contributed by atoms with E-state index in [0.717, 1.165) is 60.4 Å². The van der Waals surface area contributed by atoms with Crippen LogP contribution in [0.25, 0.3) is 16.7 Å². The molecular formula is C22H22N6O2. The Morgan fingerprint density at radius 3 is 2.67 bits per heavy atom. The summed E-state index contributed by atoms with van der Waals surface area (Å²) in [5.74, 6) is 0.112. The van der Waals surface area contributed by atoms with Crippen LogP contribution < -0.4 is 5.32 Å². The molecule has 152 valence electrons. The van der Waals surface area contributed by atoms with Crippen molar-refractivity contribution in [2.24, 2.45) is 5.92 Å². The molecule has 8 nitrogen and oxygen atoms in total. The number of hydrogen-bond donors (Lipinski definition) is 1. The van der Waals surface area contributed by atoms with Gasteiger partial charge in [-0.3, -0.25) is 9.69 Å². The lowest BCUT2D eigenvalue weighted by Crippen LogP contribution is -2.37. The minimum absolute atomic E-state index is 0.0246. The van der Waals surface area contributed by atoms with Gasteiger partial charge in [0, 0.05) is 30.5 Å². The average molecular weight is 402 g/mol. The lowest BCUT2D eigenvalue weighted by atomic mass is 9.95. The Bertz CT molecular complexity index is 1130. The third-order valence-electron chi connectivity index (χ3n) is 5.63. The van der Waals surface area contributed by atoms with E-state index in [4.69, 9.17) is 4.63 Å². The summed E-state index contributed by atoms with van der Waals surface area (Å²) in [6, 6.07) is 15.5. The largest absolute Gasteiger partial charge is 0.326 e. The van der Waals surface area contributed by atoms with E-state index in [-0.39, 0.29) is 11.8 Å². The second-order valence-corrected chi connectivity index (χ2v) is 7.59. The molecule has 1 amide bonds. The van der Waals surface area contributed by atoms with Crippen LogP contribution in [0.2, 0.25) is 0 Å². The molecule has 0 radical (unpaired) electrons. The highest BCUT2D eigenvalue weighted by Gasteiger charge is 2.25. The fourth-order valence-corrected chi connectivity index (χ4v) is 3.95. The number of carbonyl (C=O) groups is 1. The molecule has 0 saturated carbocycles. The van der Waals surface area contributed by atoms with Gasteiger partial charge in [-0.05, 0) is 78.2 Å². The van der Waals surface area contributed by atoms with Gasteiger partial charge in [-0.1, -0.05) is 12.1 Å². The van der Waals surface area contributed by atoms with E-state index in [1.54, 1.807) is 10.9 Å². The van der Waals surface area contributed by atoms with Crippen LogP contribution >= 0.6 is 0 Å². The first-order chi connectivity index (χ1) is 14.8. The zero-order chi connectivity index (χ0) is 20.3. The quantitative estimate of drug-likeness (QED) is 0.551. The highest BCUT2D eigenvalue weighted by atomic mass is 16.6. The number of fused-ring (bicyclic) bond motifs is 1. The van der Waals surface area contributed by atoms with Gasteiger partial charge in [0.15, 0.2) is 0 Å². The van der Waals surface area contributed by atoms with E-state index in [1.165, 1.54) is 0 Å². The molecule has 1 N–H and O–H groups in total. The summed E-state index contributed by atoms with van der Waals surface area (Å²) in [6.45, 7) is 2.53. The van der Waals surface area contributed by atoms with Crippen molar-refractivity contribution in [3.8, 4) is 5.69 Å². The molecule has 0 bridgehead atoms. The van der Waals surface area contributed by atoms with E-state index < -0.39 is 0 Å². The van der Waals surface area contributed by atoms with Gasteiger partial charge in [-0.15, -0.1) is 0 Å². The van der Waals surface area contributed by atoms with E-state index in [9.17, 15) is 4.79 Å². The van der Waals surface area contributed by atoms with Crippen molar-refractivity contribution in [1.82, 2.24) is 25.0 Å². The Balaban J connectivity index is 1.15. The van der Waals surface area contributed by atoms with Crippen LogP contribution in [0, 0.1) is 5.92 Å². The number of rotatable bonds is 5. The highest BCUT2D eigenvalue weighted by Crippen LogP contribution is 2.23. The minimum atomic E-state index is 0.0246. The lowest BCUT2D eigenvalue weighted by molar-refractivity contribution is -0.121. The molecule has 1 aliphatic heterocycles. The molecule has 0 unspecified atom stereocenters. The van der Waals surface area contributed by atoms with Crippen LogP contribution in [0.3, 0.4) is 0 Å². The molecule has 30 heavy (non-hydrogen) atoms. The minimum Gasteiger partial charge on any atom is -0.326 e. The number of aromatic nitrogens is 4. The molecular weight excluding hydrogens is 380 g/mol. The summed E-state index contributed by atoms with van der Waals surface area (Å²) >= 11 is 0. The molecule has 3 heterocycles. The van der Waals surface area contributed by atoms with Crippen molar-refractivity contribution < 1.29 is 9.42 Å². The molecule has 2 aromatic carbocycles. The average Bonchev–Trinajstić information content (AvgIpc) is 3.47. The summed E-state index contributed by atoms with van der Waals surface area (Å²) in [4.78, 5) is 15.1. The Morgan fingerprint density at radius 1 is 1.07 bits per heavy atom. The summed E-state index contributed by atoms with van der Waals surface area (Å²) in [7, 11) is 0. The second-order valence-electron chi connectivity index (χ2n) is 7.59. The number of nitrogens with zero attached hydrogens (tertiary/aromatic N) is 5. The van der Waals surface area contributed by atoms with Crippen molar-refractivity contribution in [3.05, 3.63) is 66.5 Å². The third kappa shape index (κ3) is 3.81. The van der Waals surface area contributed by atoms with E-state index in [1.807, 2.05) is 48.7 Å². The first-order valence-corrected chi connectivity index (χ1v) is 10.1. The zero-order valence-electron chi connectivity index (χ0n) is 16.4. The van der Waals surface area contributed by atoms with Gasteiger partial charge in [-0.2, -0.15) is 5.10 Å². The molecule has 5 rings (SSSR count). The first kappa shape index (κ1) is 18.5. The Hall–Kier alpha value is -3.52. The maximum atomic E-state index is 12.7. The highest BCUT2D eigenvalue weighted by molar-refractivity contribution is 5.92. The van der Waals surface area contributed by atoms with Gasteiger partial charge in [-0.25, -0.2) is 9.31 Å². The van der Waals surface area contributed by atoms with Crippen molar-refractivity contribution in [2.45, 2.75) is 19.4 Å². The predicted octanol–water partition coefficient (Wildman–Crippen LogP) is 3.26. The Labute approximate surface area is 173 Å². The molecule has 2 aromatic heterocycles. The number of anilines is 1. The van der Waals surface area contributed by atoms with Gasteiger partial charge in [0.05, 0.1) is 5.69 Å². The number of benzene rings is 2. The number of nitrogens with one attached hydrogen (secondary N) is 1. The number of amides is 1. The van der Waals surface area contributed by atoms with Crippen LogP contribution in [0.4, 0.5) is 5.69 Å². The Kier molecular flexibility index (Phi) is 4.98. The predicted molar refractivity (Wildman–Crippen MR) is 112 cm³/mol. The molecule has 4 aromatic rings. The molecule has 0 aliphatic carbocycles. The second kappa shape index (κ2) is 8.08. The third-order valence-corrected chi connectivity index (χ3v) is 5.63.